The number of phenols is 1. The SMILES string of the molecule is O=C(NC1CC1)[C@@H]1CCCN(C2CCN(C(=O)Cc3ccc(O)cc3)CC2)C1. The van der Waals surface area contributed by atoms with E-state index in [2.05, 4.69) is 10.2 Å². The first-order valence-electron chi connectivity index (χ1n) is 10.7. The Labute approximate surface area is 166 Å². The second-order valence-corrected chi connectivity index (χ2v) is 8.57. The largest absolute Gasteiger partial charge is 0.508 e. The fourth-order valence-corrected chi connectivity index (χ4v) is 4.48. The number of piperidine rings is 2. The molecule has 2 amide bonds. The Bertz CT molecular complexity index is 693. The topological polar surface area (TPSA) is 72.9 Å². The van der Waals surface area contributed by atoms with Crippen molar-refractivity contribution in [2.24, 2.45) is 5.92 Å². The third-order valence-electron chi connectivity index (χ3n) is 6.37. The molecule has 152 valence electrons. The van der Waals surface area contributed by atoms with E-state index in [1.807, 2.05) is 4.90 Å². The van der Waals surface area contributed by atoms with Gasteiger partial charge < -0.3 is 15.3 Å². The molecular weight excluding hydrogens is 354 g/mol. The number of nitrogens with zero attached hydrogens (tertiary/aromatic N) is 2. The molecule has 2 saturated heterocycles. The summed E-state index contributed by atoms with van der Waals surface area (Å²) < 4.78 is 0. The van der Waals surface area contributed by atoms with Gasteiger partial charge in [-0.3, -0.25) is 14.5 Å². The van der Waals surface area contributed by atoms with Crippen molar-refractivity contribution in [3.8, 4) is 5.75 Å². The van der Waals surface area contributed by atoms with Gasteiger partial charge >= 0.3 is 0 Å². The standard InChI is InChI=1S/C22H31N3O3/c26-20-7-3-16(4-8-20)14-21(27)24-12-9-19(10-13-24)25-11-1-2-17(15-25)22(28)23-18-5-6-18/h3-4,7-8,17-19,26H,1-2,5-6,9-15H2,(H,23,28)/t17-/m1/s1. The van der Waals surface area contributed by atoms with E-state index in [9.17, 15) is 14.7 Å². The van der Waals surface area contributed by atoms with Gasteiger partial charge in [0.2, 0.25) is 11.8 Å². The Kier molecular flexibility index (Phi) is 5.85. The third-order valence-corrected chi connectivity index (χ3v) is 6.37. The van der Waals surface area contributed by atoms with Crippen LogP contribution in [-0.2, 0) is 16.0 Å². The molecule has 0 spiro atoms. The summed E-state index contributed by atoms with van der Waals surface area (Å²) in [5.74, 6) is 0.754. The van der Waals surface area contributed by atoms with E-state index in [4.69, 9.17) is 0 Å². The van der Waals surface area contributed by atoms with Crippen molar-refractivity contribution in [3.05, 3.63) is 29.8 Å². The number of likely N-dealkylation sites (tertiary alicyclic amines) is 2. The van der Waals surface area contributed by atoms with Crippen LogP contribution in [0.5, 0.6) is 5.75 Å². The predicted molar refractivity (Wildman–Crippen MR) is 107 cm³/mol. The lowest BCUT2D eigenvalue weighted by Crippen LogP contribution is -2.51. The van der Waals surface area contributed by atoms with Crippen molar-refractivity contribution in [3.63, 3.8) is 0 Å². The Morgan fingerprint density at radius 3 is 2.39 bits per heavy atom. The lowest BCUT2D eigenvalue weighted by molar-refractivity contribution is -0.132. The molecular formula is C22H31N3O3. The van der Waals surface area contributed by atoms with Gasteiger partial charge in [-0.15, -0.1) is 0 Å². The number of hydrogen-bond acceptors (Lipinski definition) is 4. The van der Waals surface area contributed by atoms with Gasteiger partial charge in [-0.25, -0.2) is 0 Å². The van der Waals surface area contributed by atoms with Gasteiger partial charge in [0.15, 0.2) is 0 Å². The molecule has 3 aliphatic rings. The van der Waals surface area contributed by atoms with Crippen LogP contribution in [0.25, 0.3) is 0 Å². The molecule has 6 nitrogen and oxygen atoms in total. The maximum Gasteiger partial charge on any atom is 0.226 e. The van der Waals surface area contributed by atoms with Crippen molar-refractivity contribution in [2.45, 2.75) is 57.0 Å². The monoisotopic (exact) mass is 385 g/mol. The van der Waals surface area contributed by atoms with Gasteiger partial charge in [-0.2, -0.15) is 0 Å². The van der Waals surface area contributed by atoms with Crippen LogP contribution in [0.1, 0.15) is 44.1 Å². The predicted octanol–water partition coefficient (Wildman–Crippen LogP) is 1.92. The number of carbonyl (C=O) groups excluding carboxylic acids is 2. The molecule has 6 heteroatoms. The summed E-state index contributed by atoms with van der Waals surface area (Å²) in [5, 5.41) is 12.5. The lowest BCUT2D eigenvalue weighted by Gasteiger charge is -2.42. The minimum Gasteiger partial charge on any atom is -0.508 e. The van der Waals surface area contributed by atoms with Gasteiger partial charge in [0, 0.05) is 31.7 Å². The molecule has 1 saturated carbocycles. The summed E-state index contributed by atoms with van der Waals surface area (Å²) in [6.07, 6.45) is 6.72. The average Bonchev–Trinajstić information content (AvgIpc) is 3.54. The molecule has 2 heterocycles. The number of nitrogens with one attached hydrogen (secondary N) is 1. The van der Waals surface area contributed by atoms with Crippen LogP contribution < -0.4 is 5.32 Å². The van der Waals surface area contributed by atoms with Gasteiger partial charge in [0.1, 0.15) is 5.75 Å². The van der Waals surface area contributed by atoms with E-state index >= 15 is 0 Å². The molecule has 3 fully saturated rings. The fourth-order valence-electron chi connectivity index (χ4n) is 4.48. The zero-order valence-corrected chi connectivity index (χ0v) is 16.5. The normalized spacial score (nSPS) is 24.1. The Hall–Kier alpha value is -2.08. The first-order valence-corrected chi connectivity index (χ1v) is 10.7. The van der Waals surface area contributed by atoms with E-state index in [0.29, 0.717) is 18.5 Å². The van der Waals surface area contributed by atoms with Gasteiger partial charge in [0.05, 0.1) is 12.3 Å². The van der Waals surface area contributed by atoms with Crippen molar-refractivity contribution in [2.75, 3.05) is 26.2 Å². The second kappa shape index (κ2) is 8.52. The van der Waals surface area contributed by atoms with Crippen LogP contribution in [0.15, 0.2) is 24.3 Å². The number of rotatable bonds is 5. The van der Waals surface area contributed by atoms with Gasteiger partial charge in [0.25, 0.3) is 0 Å². The van der Waals surface area contributed by atoms with Crippen LogP contribution in [0.2, 0.25) is 0 Å². The van der Waals surface area contributed by atoms with E-state index in [1.165, 1.54) is 0 Å². The van der Waals surface area contributed by atoms with Crippen LogP contribution >= 0.6 is 0 Å². The highest BCUT2D eigenvalue weighted by Crippen LogP contribution is 2.26. The number of phenolic OH excluding ortho intramolecular Hbond substituents is 1. The molecule has 0 aromatic heterocycles. The summed E-state index contributed by atoms with van der Waals surface area (Å²) in [6.45, 7) is 3.51. The van der Waals surface area contributed by atoms with E-state index in [1.54, 1.807) is 24.3 Å². The van der Waals surface area contributed by atoms with Crippen LogP contribution in [0, 0.1) is 5.92 Å². The summed E-state index contributed by atoms with van der Waals surface area (Å²) in [6, 6.07) is 7.78. The summed E-state index contributed by atoms with van der Waals surface area (Å²) in [4.78, 5) is 29.4. The molecule has 4 rings (SSSR count). The molecule has 0 unspecified atom stereocenters. The minimum absolute atomic E-state index is 0.128. The minimum atomic E-state index is 0.128. The molecule has 1 aromatic carbocycles. The van der Waals surface area contributed by atoms with E-state index < -0.39 is 0 Å². The first kappa shape index (κ1) is 19.2. The molecule has 1 aliphatic carbocycles. The van der Waals surface area contributed by atoms with Crippen LogP contribution in [0.3, 0.4) is 0 Å². The number of aromatic hydroxyl groups is 1. The Balaban J connectivity index is 1.24. The van der Waals surface area contributed by atoms with Crippen LogP contribution in [0.4, 0.5) is 0 Å². The third kappa shape index (κ3) is 4.85. The highest BCUT2D eigenvalue weighted by Gasteiger charge is 2.34. The smallest absolute Gasteiger partial charge is 0.226 e. The molecule has 1 atom stereocenters. The number of carbonyl (C=O) groups is 2. The molecule has 2 N–H and O–H groups in total. The maximum atomic E-state index is 12.6. The zero-order chi connectivity index (χ0) is 19.5. The highest BCUT2D eigenvalue weighted by atomic mass is 16.3. The Morgan fingerprint density at radius 2 is 1.71 bits per heavy atom. The highest BCUT2D eigenvalue weighted by molar-refractivity contribution is 5.80. The second-order valence-electron chi connectivity index (χ2n) is 8.57. The molecule has 1 aromatic rings. The van der Waals surface area contributed by atoms with Crippen molar-refractivity contribution in [1.29, 1.82) is 0 Å². The van der Waals surface area contributed by atoms with Crippen LogP contribution in [-0.4, -0.2) is 65.0 Å². The molecule has 28 heavy (non-hydrogen) atoms. The molecule has 0 bridgehead atoms. The Morgan fingerprint density at radius 1 is 1.00 bits per heavy atom. The number of hydrogen-bond donors (Lipinski definition) is 2. The summed E-state index contributed by atoms with van der Waals surface area (Å²) in [5.41, 5.74) is 0.936. The van der Waals surface area contributed by atoms with Crippen molar-refractivity contribution in [1.82, 2.24) is 15.1 Å². The molecule has 2 aliphatic heterocycles. The van der Waals surface area contributed by atoms with Crippen molar-refractivity contribution >= 4 is 11.8 Å². The van der Waals surface area contributed by atoms with E-state index in [-0.39, 0.29) is 23.5 Å². The number of benzene rings is 1. The van der Waals surface area contributed by atoms with E-state index in [0.717, 1.165) is 70.3 Å². The first-order chi connectivity index (χ1) is 13.6. The number of amides is 2. The van der Waals surface area contributed by atoms with Gasteiger partial charge in [-0.1, -0.05) is 12.1 Å². The van der Waals surface area contributed by atoms with Crippen molar-refractivity contribution < 1.29 is 14.7 Å². The summed E-state index contributed by atoms with van der Waals surface area (Å²) >= 11 is 0. The lowest BCUT2D eigenvalue weighted by atomic mass is 9.93. The van der Waals surface area contributed by atoms with Gasteiger partial charge in [-0.05, 0) is 62.8 Å². The quantitative estimate of drug-likeness (QED) is 0.812. The summed E-state index contributed by atoms with van der Waals surface area (Å²) in [7, 11) is 0. The molecule has 0 radical (unpaired) electrons. The maximum absolute atomic E-state index is 12.6. The zero-order valence-electron chi connectivity index (χ0n) is 16.5. The fraction of sp³-hybridized carbons (Fsp3) is 0.636. The average molecular weight is 386 g/mol.